The van der Waals surface area contributed by atoms with Gasteiger partial charge in [-0.25, -0.2) is 0 Å². The second kappa shape index (κ2) is 5.64. The van der Waals surface area contributed by atoms with Crippen LogP contribution in [0.1, 0.15) is 27.2 Å². The van der Waals surface area contributed by atoms with E-state index in [-0.39, 0.29) is 0 Å². The Kier molecular flexibility index (Phi) is 4.47. The second-order valence-corrected chi connectivity index (χ2v) is 4.27. The van der Waals surface area contributed by atoms with Crippen LogP contribution in [0.2, 0.25) is 0 Å². The van der Waals surface area contributed by atoms with Gasteiger partial charge in [-0.2, -0.15) is 0 Å². The van der Waals surface area contributed by atoms with Gasteiger partial charge in [0, 0.05) is 12.1 Å². The maximum Gasteiger partial charge on any atom is 0.121 e. The van der Waals surface area contributed by atoms with Gasteiger partial charge < -0.3 is 15.8 Å². The van der Waals surface area contributed by atoms with Gasteiger partial charge in [0.2, 0.25) is 0 Å². The number of nitrogens with one attached hydrogen (secondary N) is 1. The predicted molar refractivity (Wildman–Crippen MR) is 69.9 cm³/mol. The minimum atomic E-state index is 0.417. The largest absolute Gasteiger partial charge is 0.497 e. The monoisotopic (exact) mass is 222 g/mol. The third kappa shape index (κ3) is 3.05. The number of rotatable bonds is 5. The first-order chi connectivity index (χ1) is 7.58. The minimum absolute atomic E-state index is 0.417. The van der Waals surface area contributed by atoms with Crippen LogP contribution in [-0.4, -0.2) is 13.2 Å². The van der Waals surface area contributed by atoms with E-state index in [4.69, 9.17) is 10.5 Å². The number of ether oxygens (including phenoxy) is 1. The second-order valence-electron chi connectivity index (χ2n) is 4.27. The Morgan fingerprint density at radius 3 is 2.56 bits per heavy atom. The van der Waals surface area contributed by atoms with Crippen molar-refractivity contribution in [1.29, 1.82) is 0 Å². The van der Waals surface area contributed by atoms with Crippen LogP contribution in [0.25, 0.3) is 0 Å². The van der Waals surface area contributed by atoms with E-state index in [0.29, 0.717) is 12.0 Å². The molecule has 2 atom stereocenters. The molecule has 0 amide bonds. The van der Waals surface area contributed by atoms with Crippen molar-refractivity contribution >= 4 is 11.4 Å². The summed E-state index contributed by atoms with van der Waals surface area (Å²) in [6.07, 6.45) is 1.16. The fraction of sp³-hybridized carbons (Fsp3) is 0.538. The zero-order valence-corrected chi connectivity index (χ0v) is 10.6. The lowest BCUT2D eigenvalue weighted by atomic mass is 10.0. The SMILES string of the molecule is CCC(C)C(C)Nc1ccc(OC)cc1N. The van der Waals surface area contributed by atoms with Gasteiger partial charge in [0.05, 0.1) is 18.5 Å². The molecule has 0 bridgehead atoms. The molecule has 1 aromatic carbocycles. The van der Waals surface area contributed by atoms with Crippen LogP contribution in [0.5, 0.6) is 5.75 Å². The molecule has 0 spiro atoms. The summed E-state index contributed by atoms with van der Waals surface area (Å²) in [5, 5.41) is 3.43. The lowest BCUT2D eigenvalue weighted by Crippen LogP contribution is -2.23. The normalized spacial score (nSPS) is 14.2. The van der Waals surface area contributed by atoms with E-state index >= 15 is 0 Å². The van der Waals surface area contributed by atoms with Crippen LogP contribution in [0.15, 0.2) is 18.2 Å². The first-order valence-electron chi connectivity index (χ1n) is 5.78. The number of hydrogen-bond acceptors (Lipinski definition) is 3. The molecule has 0 fully saturated rings. The Morgan fingerprint density at radius 1 is 1.38 bits per heavy atom. The molecule has 0 saturated carbocycles. The van der Waals surface area contributed by atoms with E-state index in [0.717, 1.165) is 23.5 Å². The predicted octanol–water partition coefficient (Wildman–Crippen LogP) is 3.12. The van der Waals surface area contributed by atoms with E-state index in [9.17, 15) is 0 Å². The highest BCUT2D eigenvalue weighted by Gasteiger charge is 2.11. The highest BCUT2D eigenvalue weighted by molar-refractivity contribution is 5.68. The van der Waals surface area contributed by atoms with Crippen molar-refractivity contribution in [2.75, 3.05) is 18.2 Å². The molecule has 0 heterocycles. The van der Waals surface area contributed by atoms with Crippen LogP contribution in [-0.2, 0) is 0 Å². The van der Waals surface area contributed by atoms with Gasteiger partial charge in [-0.3, -0.25) is 0 Å². The third-order valence-electron chi connectivity index (χ3n) is 3.14. The van der Waals surface area contributed by atoms with Gasteiger partial charge in [0.15, 0.2) is 0 Å². The Labute approximate surface area is 98.0 Å². The maximum absolute atomic E-state index is 5.94. The number of hydrogen-bond donors (Lipinski definition) is 2. The van der Waals surface area contributed by atoms with Crippen molar-refractivity contribution in [3.63, 3.8) is 0 Å². The van der Waals surface area contributed by atoms with E-state index in [1.807, 2.05) is 18.2 Å². The smallest absolute Gasteiger partial charge is 0.121 e. The summed E-state index contributed by atoms with van der Waals surface area (Å²) < 4.78 is 5.12. The molecule has 1 aromatic rings. The molecule has 3 nitrogen and oxygen atoms in total. The number of benzene rings is 1. The summed E-state index contributed by atoms with van der Waals surface area (Å²) in [7, 11) is 1.64. The number of methoxy groups -OCH3 is 1. The van der Waals surface area contributed by atoms with Crippen molar-refractivity contribution in [2.45, 2.75) is 33.2 Å². The van der Waals surface area contributed by atoms with Gasteiger partial charge in [0.1, 0.15) is 5.75 Å². The zero-order valence-electron chi connectivity index (χ0n) is 10.6. The lowest BCUT2D eigenvalue weighted by molar-refractivity contribution is 0.415. The lowest BCUT2D eigenvalue weighted by Gasteiger charge is -2.22. The Hall–Kier alpha value is -1.38. The quantitative estimate of drug-likeness (QED) is 0.752. The summed E-state index contributed by atoms with van der Waals surface area (Å²) in [6, 6.07) is 6.14. The topological polar surface area (TPSA) is 47.3 Å². The average molecular weight is 222 g/mol. The summed E-state index contributed by atoms with van der Waals surface area (Å²) >= 11 is 0. The van der Waals surface area contributed by atoms with E-state index in [1.54, 1.807) is 7.11 Å². The number of nitrogens with two attached hydrogens (primary N) is 1. The minimum Gasteiger partial charge on any atom is -0.497 e. The molecule has 3 heteroatoms. The highest BCUT2D eigenvalue weighted by Crippen LogP contribution is 2.25. The molecule has 0 radical (unpaired) electrons. The third-order valence-corrected chi connectivity index (χ3v) is 3.14. The highest BCUT2D eigenvalue weighted by atomic mass is 16.5. The van der Waals surface area contributed by atoms with Crippen LogP contribution in [0.3, 0.4) is 0 Å². The standard InChI is InChI=1S/C13H22N2O/c1-5-9(2)10(3)15-13-7-6-11(16-4)8-12(13)14/h6-10,15H,5,14H2,1-4H3. The van der Waals surface area contributed by atoms with Crippen molar-refractivity contribution in [1.82, 2.24) is 0 Å². The van der Waals surface area contributed by atoms with E-state index < -0.39 is 0 Å². The average Bonchev–Trinajstić information content (AvgIpc) is 2.30. The van der Waals surface area contributed by atoms with Gasteiger partial charge >= 0.3 is 0 Å². The Morgan fingerprint density at radius 2 is 2.06 bits per heavy atom. The van der Waals surface area contributed by atoms with Crippen molar-refractivity contribution in [3.8, 4) is 5.75 Å². The summed E-state index contributed by atoms with van der Waals surface area (Å²) in [5.41, 5.74) is 7.66. The zero-order chi connectivity index (χ0) is 12.1. The van der Waals surface area contributed by atoms with Crippen molar-refractivity contribution in [2.24, 2.45) is 5.92 Å². The summed E-state index contributed by atoms with van der Waals surface area (Å²) in [6.45, 7) is 6.61. The van der Waals surface area contributed by atoms with Gasteiger partial charge in [-0.05, 0) is 25.0 Å². The fourth-order valence-electron chi connectivity index (χ4n) is 1.54. The molecule has 0 saturated heterocycles. The van der Waals surface area contributed by atoms with Crippen molar-refractivity contribution < 1.29 is 4.74 Å². The molecule has 0 aliphatic carbocycles. The van der Waals surface area contributed by atoms with Crippen LogP contribution in [0, 0.1) is 5.92 Å². The van der Waals surface area contributed by atoms with Crippen LogP contribution in [0.4, 0.5) is 11.4 Å². The molecule has 3 N–H and O–H groups in total. The molecule has 0 aromatic heterocycles. The van der Waals surface area contributed by atoms with Crippen LogP contribution < -0.4 is 15.8 Å². The van der Waals surface area contributed by atoms with Gasteiger partial charge in [-0.15, -0.1) is 0 Å². The van der Waals surface area contributed by atoms with Crippen molar-refractivity contribution in [3.05, 3.63) is 18.2 Å². The number of anilines is 2. The molecule has 1 rings (SSSR count). The Balaban J connectivity index is 2.74. The van der Waals surface area contributed by atoms with Gasteiger partial charge in [-0.1, -0.05) is 20.3 Å². The molecular formula is C13H22N2O. The summed E-state index contributed by atoms with van der Waals surface area (Å²) in [5.74, 6) is 1.42. The molecule has 2 unspecified atom stereocenters. The van der Waals surface area contributed by atoms with Gasteiger partial charge in [0.25, 0.3) is 0 Å². The molecule has 16 heavy (non-hydrogen) atoms. The van der Waals surface area contributed by atoms with E-state index in [2.05, 4.69) is 26.1 Å². The Bertz CT molecular complexity index is 339. The molecule has 0 aliphatic rings. The first kappa shape index (κ1) is 12.7. The summed E-state index contributed by atoms with van der Waals surface area (Å²) in [4.78, 5) is 0. The number of nitrogen functional groups attached to an aromatic ring is 1. The molecule has 0 aliphatic heterocycles. The molecule has 90 valence electrons. The van der Waals surface area contributed by atoms with Crippen LogP contribution >= 0.6 is 0 Å². The first-order valence-corrected chi connectivity index (χ1v) is 5.78. The maximum atomic E-state index is 5.94. The molecular weight excluding hydrogens is 200 g/mol. The fourth-order valence-corrected chi connectivity index (χ4v) is 1.54. The van der Waals surface area contributed by atoms with E-state index in [1.165, 1.54) is 0 Å².